The van der Waals surface area contributed by atoms with E-state index in [-0.39, 0.29) is 0 Å². The first-order valence-corrected chi connectivity index (χ1v) is 6.33. The van der Waals surface area contributed by atoms with E-state index < -0.39 is 0 Å². The van der Waals surface area contributed by atoms with Crippen molar-refractivity contribution >= 4 is 0 Å². The van der Waals surface area contributed by atoms with Crippen molar-refractivity contribution in [3.8, 4) is 0 Å². The van der Waals surface area contributed by atoms with E-state index in [0.717, 1.165) is 25.1 Å². The van der Waals surface area contributed by atoms with Crippen LogP contribution in [0.3, 0.4) is 0 Å². The predicted octanol–water partition coefficient (Wildman–Crippen LogP) is 2.35. The highest BCUT2D eigenvalue weighted by Crippen LogP contribution is 2.09. The molecule has 2 rings (SSSR count). The molecule has 2 aromatic rings. The van der Waals surface area contributed by atoms with Gasteiger partial charge in [-0.15, -0.1) is 0 Å². The summed E-state index contributed by atoms with van der Waals surface area (Å²) in [4.78, 5) is 8.74. The summed E-state index contributed by atoms with van der Waals surface area (Å²) in [7, 11) is 1.94. The number of nitrogens with one attached hydrogen (secondary N) is 1. The van der Waals surface area contributed by atoms with E-state index in [2.05, 4.69) is 40.4 Å². The van der Waals surface area contributed by atoms with Gasteiger partial charge in [-0.2, -0.15) is 0 Å². The highest BCUT2D eigenvalue weighted by atomic mass is 14.8. The van der Waals surface area contributed by atoms with E-state index in [4.69, 9.17) is 0 Å². The number of hydrogen-bond donors (Lipinski definition) is 1. The van der Waals surface area contributed by atoms with Crippen LogP contribution in [0.15, 0.2) is 36.8 Å². The smallest absolute Gasteiger partial charge is 0.0448 e. The Labute approximate surface area is 108 Å². The van der Waals surface area contributed by atoms with E-state index in [1.165, 1.54) is 16.7 Å². The monoisotopic (exact) mass is 241 g/mol. The molecule has 0 aliphatic rings. The van der Waals surface area contributed by atoms with Gasteiger partial charge < -0.3 is 5.32 Å². The van der Waals surface area contributed by atoms with Crippen LogP contribution in [0.25, 0.3) is 0 Å². The molecule has 0 aliphatic heterocycles. The number of rotatable bonds is 5. The third-order valence-corrected chi connectivity index (χ3v) is 2.91. The SMILES string of the molecule is CCc1ccc(Cc2cncc(CNC)c2)nc1. The summed E-state index contributed by atoms with van der Waals surface area (Å²) in [5, 5.41) is 3.13. The van der Waals surface area contributed by atoms with Gasteiger partial charge in [0.2, 0.25) is 0 Å². The summed E-state index contributed by atoms with van der Waals surface area (Å²) in [5.41, 5.74) is 4.79. The van der Waals surface area contributed by atoms with Crippen molar-refractivity contribution in [3.05, 3.63) is 59.2 Å². The van der Waals surface area contributed by atoms with Crippen molar-refractivity contribution < 1.29 is 0 Å². The highest BCUT2D eigenvalue weighted by Gasteiger charge is 2.00. The van der Waals surface area contributed by atoms with Crippen molar-refractivity contribution in [2.24, 2.45) is 0 Å². The number of pyridine rings is 2. The maximum Gasteiger partial charge on any atom is 0.0448 e. The number of aryl methyl sites for hydroxylation is 1. The van der Waals surface area contributed by atoms with Crippen LogP contribution in [0.2, 0.25) is 0 Å². The molecule has 0 unspecified atom stereocenters. The van der Waals surface area contributed by atoms with E-state index in [1.54, 1.807) is 0 Å². The Morgan fingerprint density at radius 2 is 1.89 bits per heavy atom. The maximum atomic E-state index is 4.48. The second kappa shape index (κ2) is 6.26. The summed E-state index contributed by atoms with van der Waals surface area (Å²) < 4.78 is 0. The van der Waals surface area contributed by atoms with Gasteiger partial charge in [-0.05, 0) is 36.2 Å². The van der Waals surface area contributed by atoms with Crippen LogP contribution < -0.4 is 5.32 Å². The summed E-state index contributed by atoms with van der Waals surface area (Å²) in [5.74, 6) is 0. The Kier molecular flexibility index (Phi) is 4.42. The minimum absolute atomic E-state index is 0.842. The second-order valence-electron chi connectivity index (χ2n) is 4.42. The van der Waals surface area contributed by atoms with Crippen LogP contribution in [0, 0.1) is 0 Å². The second-order valence-corrected chi connectivity index (χ2v) is 4.42. The van der Waals surface area contributed by atoms with Crippen molar-refractivity contribution in [1.82, 2.24) is 15.3 Å². The molecule has 2 aromatic heterocycles. The lowest BCUT2D eigenvalue weighted by molar-refractivity contribution is 0.810. The summed E-state index contributed by atoms with van der Waals surface area (Å²) in [6.45, 7) is 2.99. The quantitative estimate of drug-likeness (QED) is 0.873. The van der Waals surface area contributed by atoms with Gasteiger partial charge in [-0.1, -0.05) is 19.1 Å². The molecule has 0 fully saturated rings. The van der Waals surface area contributed by atoms with Gasteiger partial charge in [0.05, 0.1) is 0 Å². The zero-order chi connectivity index (χ0) is 12.8. The van der Waals surface area contributed by atoms with Crippen molar-refractivity contribution in [3.63, 3.8) is 0 Å². The van der Waals surface area contributed by atoms with Crippen LogP contribution >= 0.6 is 0 Å². The van der Waals surface area contributed by atoms with Crippen LogP contribution in [0.4, 0.5) is 0 Å². The molecule has 0 aliphatic carbocycles. The van der Waals surface area contributed by atoms with Gasteiger partial charge in [-0.3, -0.25) is 9.97 Å². The first-order valence-electron chi connectivity index (χ1n) is 6.33. The van der Waals surface area contributed by atoms with Crippen LogP contribution in [0.1, 0.15) is 29.3 Å². The summed E-state index contributed by atoms with van der Waals surface area (Å²) >= 11 is 0. The molecular formula is C15H19N3. The zero-order valence-corrected chi connectivity index (χ0v) is 11.0. The van der Waals surface area contributed by atoms with E-state index >= 15 is 0 Å². The Morgan fingerprint density at radius 1 is 1.06 bits per heavy atom. The third kappa shape index (κ3) is 3.37. The number of aromatic nitrogens is 2. The lowest BCUT2D eigenvalue weighted by Crippen LogP contribution is -2.06. The molecular weight excluding hydrogens is 222 g/mol. The Hall–Kier alpha value is -1.74. The molecule has 94 valence electrons. The van der Waals surface area contributed by atoms with Gasteiger partial charge in [0.15, 0.2) is 0 Å². The predicted molar refractivity (Wildman–Crippen MR) is 73.4 cm³/mol. The molecule has 0 atom stereocenters. The summed E-state index contributed by atoms with van der Waals surface area (Å²) in [6.07, 6.45) is 7.64. The van der Waals surface area contributed by atoms with Gasteiger partial charge in [0.1, 0.15) is 0 Å². The normalized spacial score (nSPS) is 10.6. The molecule has 2 heterocycles. The fourth-order valence-corrected chi connectivity index (χ4v) is 1.92. The zero-order valence-electron chi connectivity index (χ0n) is 11.0. The van der Waals surface area contributed by atoms with Crippen molar-refractivity contribution in [2.75, 3.05) is 7.05 Å². The first kappa shape index (κ1) is 12.7. The lowest BCUT2D eigenvalue weighted by Gasteiger charge is -2.05. The van der Waals surface area contributed by atoms with Gasteiger partial charge in [0, 0.05) is 37.3 Å². The van der Waals surface area contributed by atoms with E-state index in [9.17, 15) is 0 Å². The van der Waals surface area contributed by atoms with E-state index in [1.807, 2.05) is 25.6 Å². The topological polar surface area (TPSA) is 37.8 Å². The van der Waals surface area contributed by atoms with Crippen molar-refractivity contribution in [1.29, 1.82) is 0 Å². The Bertz CT molecular complexity index is 491. The molecule has 3 nitrogen and oxygen atoms in total. The largest absolute Gasteiger partial charge is 0.316 e. The fraction of sp³-hybridized carbons (Fsp3) is 0.333. The van der Waals surface area contributed by atoms with Crippen molar-refractivity contribution in [2.45, 2.75) is 26.3 Å². The molecule has 0 spiro atoms. The lowest BCUT2D eigenvalue weighted by atomic mass is 10.1. The standard InChI is InChI=1S/C15H19N3/c1-3-12-4-5-15(18-11-12)7-13-6-14(8-16-2)10-17-9-13/h4-6,9-11,16H,3,7-8H2,1-2H3. The van der Waals surface area contributed by atoms with E-state index in [0.29, 0.717) is 0 Å². The molecule has 3 heteroatoms. The Balaban J connectivity index is 2.09. The molecule has 0 saturated carbocycles. The minimum Gasteiger partial charge on any atom is -0.316 e. The first-order chi connectivity index (χ1) is 8.81. The molecule has 1 N–H and O–H groups in total. The molecule has 0 aromatic carbocycles. The van der Waals surface area contributed by atoms with Crippen LogP contribution in [-0.2, 0) is 19.4 Å². The summed E-state index contributed by atoms with van der Waals surface area (Å²) in [6, 6.07) is 6.43. The van der Waals surface area contributed by atoms with Crippen LogP contribution in [0.5, 0.6) is 0 Å². The molecule has 0 saturated heterocycles. The van der Waals surface area contributed by atoms with Gasteiger partial charge in [-0.25, -0.2) is 0 Å². The number of nitrogens with zero attached hydrogens (tertiary/aromatic N) is 2. The average Bonchev–Trinajstić information content (AvgIpc) is 2.40. The third-order valence-electron chi connectivity index (χ3n) is 2.91. The Morgan fingerprint density at radius 3 is 2.56 bits per heavy atom. The number of hydrogen-bond acceptors (Lipinski definition) is 3. The van der Waals surface area contributed by atoms with Crippen LogP contribution in [-0.4, -0.2) is 17.0 Å². The van der Waals surface area contributed by atoms with Gasteiger partial charge >= 0.3 is 0 Å². The average molecular weight is 241 g/mol. The molecule has 0 amide bonds. The molecule has 0 bridgehead atoms. The van der Waals surface area contributed by atoms with Gasteiger partial charge in [0.25, 0.3) is 0 Å². The highest BCUT2D eigenvalue weighted by molar-refractivity contribution is 5.24. The maximum absolute atomic E-state index is 4.48. The minimum atomic E-state index is 0.842. The fourth-order valence-electron chi connectivity index (χ4n) is 1.92. The molecule has 18 heavy (non-hydrogen) atoms. The molecule has 0 radical (unpaired) electrons.